The van der Waals surface area contributed by atoms with Gasteiger partial charge in [-0.25, -0.2) is 0 Å². The highest BCUT2D eigenvalue weighted by Crippen LogP contribution is 2.24. The monoisotopic (exact) mass is 335 g/mol. The first-order chi connectivity index (χ1) is 12.3. The highest BCUT2D eigenvalue weighted by molar-refractivity contribution is 5.93. The van der Waals surface area contributed by atoms with E-state index in [0.29, 0.717) is 11.5 Å². The molecule has 4 heteroatoms. The van der Waals surface area contributed by atoms with Crippen LogP contribution in [0.25, 0.3) is 0 Å². The van der Waals surface area contributed by atoms with Crippen LogP contribution in [0.4, 0.5) is 0 Å². The van der Waals surface area contributed by atoms with Gasteiger partial charge >= 0.3 is 0 Å². The number of fused-ring (bicyclic) bond motifs is 1. The topological polar surface area (TPSA) is 36.4 Å². The van der Waals surface area contributed by atoms with Gasteiger partial charge in [0.15, 0.2) is 0 Å². The quantitative estimate of drug-likeness (QED) is 0.865. The van der Waals surface area contributed by atoms with E-state index in [1.165, 1.54) is 11.1 Å². The van der Waals surface area contributed by atoms with Crippen LogP contribution in [-0.4, -0.2) is 46.9 Å². The third-order valence-electron chi connectivity index (χ3n) is 5.54. The number of aromatic nitrogens is 1. The van der Waals surface area contributed by atoms with Crippen LogP contribution in [0.15, 0.2) is 48.8 Å². The molecule has 4 rings (SSSR count). The summed E-state index contributed by atoms with van der Waals surface area (Å²) in [6.07, 6.45) is 6.74. The van der Waals surface area contributed by atoms with E-state index in [2.05, 4.69) is 34.1 Å². The Morgan fingerprint density at radius 1 is 1.04 bits per heavy atom. The molecule has 0 atom stereocenters. The van der Waals surface area contributed by atoms with Crippen molar-refractivity contribution in [2.75, 3.05) is 26.2 Å². The summed E-state index contributed by atoms with van der Waals surface area (Å²) < 4.78 is 0. The molecule has 2 aliphatic heterocycles. The van der Waals surface area contributed by atoms with E-state index in [9.17, 15) is 4.79 Å². The van der Waals surface area contributed by atoms with Gasteiger partial charge in [-0.3, -0.25) is 14.7 Å². The zero-order valence-corrected chi connectivity index (χ0v) is 14.6. The molecule has 3 heterocycles. The number of benzene rings is 1. The SMILES string of the molecule is O=C(c1cccnc1)N1CCC(CN2CCc3ccccc3C2)CC1. The third kappa shape index (κ3) is 3.74. The molecule has 0 saturated carbocycles. The van der Waals surface area contributed by atoms with E-state index in [4.69, 9.17) is 0 Å². The second-order valence-electron chi connectivity index (χ2n) is 7.23. The van der Waals surface area contributed by atoms with Crippen LogP contribution in [0, 0.1) is 5.92 Å². The summed E-state index contributed by atoms with van der Waals surface area (Å²) in [6, 6.07) is 12.5. The lowest BCUT2D eigenvalue weighted by molar-refractivity contribution is 0.0662. The fourth-order valence-corrected chi connectivity index (χ4v) is 4.07. The molecule has 1 amide bonds. The predicted molar refractivity (Wildman–Crippen MR) is 98.3 cm³/mol. The van der Waals surface area contributed by atoms with E-state index in [1.54, 1.807) is 12.4 Å². The van der Waals surface area contributed by atoms with Gasteiger partial charge < -0.3 is 4.90 Å². The fourth-order valence-electron chi connectivity index (χ4n) is 4.07. The number of piperidine rings is 1. The average molecular weight is 335 g/mol. The Balaban J connectivity index is 1.29. The highest BCUT2D eigenvalue weighted by atomic mass is 16.2. The summed E-state index contributed by atoms with van der Waals surface area (Å²) in [5.41, 5.74) is 3.70. The summed E-state index contributed by atoms with van der Waals surface area (Å²) in [6.45, 7) is 5.12. The van der Waals surface area contributed by atoms with Gasteiger partial charge in [0.1, 0.15) is 0 Å². The van der Waals surface area contributed by atoms with Gasteiger partial charge in [-0.05, 0) is 48.4 Å². The Bertz CT molecular complexity index is 723. The van der Waals surface area contributed by atoms with Crippen LogP contribution in [-0.2, 0) is 13.0 Å². The zero-order chi connectivity index (χ0) is 17.1. The van der Waals surface area contributed by atoms with Crippen LogP contribution in [0.2, 0.25) is 0 Å². The molecule has 1 aromatic carbocycles. The van der Waals surface area contributed by atoms with Crippen molar-refractivity contribution in [2.24, 2.45) is 5.92 Å². The van der Waals surface area contributed by atoms with Gasteiger partial charge in [-0.1, -0.05) is 24.3 Å². The number of rotatable bonds is 3. The molecule has 2 aliphatic rings. The lowest BCUT2D eigenvalue weighted by Gasteiger charge is -2.36. The third-order valence-corrected chi connectivity index (χ3v) is 5.54. The van der Waals surface area contributed by atoms with Crippen molar-refractivity contribution in [1.82, 2.24) is 14.8 Å². The molecule has 0 aliphatic carbocycles. The molecule has 1 aromatic heterocycles. The average Bonchev–Trinajstić information content (AvgIpc) is 2.69. The molecule has 1 saturated heterocycles. The number of carbonyl (C=O) groups excluding carboxylic acids is 1. The molecule has 1 fully saturated rings. The minimum Gasteiger partial charge on any atom is -0.339 e. The van der Waals surface area contributed by atoms with Gasteiger partial charge in [0.25, 0.3) is 5.91 Å². The van der Waals surface area contributed by atoms with Crippen LogP contribution in [0.3, 0.4) is 0 Å². The van der Waals surface area contributed by atoms with Crippen molar-refractivity contribution in [3.05, 3.63) is 65.5 Å². The minimum atomic E-state index is 0.124. The van der Waals surface area contributed by atoms with Gasteiger partial charge in [0, 0.05) is 45.1 Å². The number of hydrogen-bond donors (Lipinski definition) is 0. The van der Waals surface area contributed by atoms with Crippen molar-refractivity contribution in [1.29, 1.82) is 0 Å². The molecular weight excluding hydrogens is 310 g/mol. The normalized spacial score (nSPS) is 18.8. The smallest absolute Gasteiger partial charge is 0.255 e. The molecule has 25 heavy (non-hydrogen) atoms. The standard InChI is InChI=1S/C21H25N3O/c25-21(19-6-3-10-22-14-19)24-12-7-17(8-13-24)15-23-11-9-18-4-1-2-5-20(18)16-23/h1-6,10,14,17H,7-9,11-13,15-16H2. The molecule has 0 bridgehead atoms. The second kappa shape index (κ2) is 7.36. The van der Waals surface area contributed by atoms with Gasteiger partial charge in [-0.2, -0.15) is 0 Å². The zero-order valence-electron chi connectivity index (χ0n) is 14.6. The number of amides is 1. The van der Waals surface area contributed by atoms with Crippen molar-refractivity contribution in [2.45, 2.75) is 25.8 Å². The summed E-state index contributed by atoms with van der Waals surface area (Å²) >= 11 is 0. The fraction of sp³-hybridized carbons (Fsp3) is 0.429. The van der Waals surface area contributed by atoms with Crippen LogP contribution >= 0.6 is 0 Å². The molecule has 130 valence electrons. The van der Waals surface area contributed by atoms with E-state index in [1.807, 2.05) is 17.0 Å². The maximum Gasteiger partial charge on any atom is 0.255 e. The summed E-state index contributed by atoms with van der Waals surface area (Å²) in [4.78, 5) is 21.1. The van der Waals surface area contributed by atoms with Gasteiger partial charge in [0.05, 0.1) is 5.56 Å². The first kappa shape index (κ1) is 16.3. The van der Waals surface area contributed by atoms with E-state index in [0.717, 1.165) is 52.0 Å². The lowest BCUT2D eigenvalue weighted by Crippen LogP contribution is -2.42. The Kier molecular flexibility index (Phi) is 4.79. The Morgan fingerprint density at radius 2 is 1.84 bits per heavy atom. The predicted octanol–water partition coefficient (Wildman–Crippen LogP) is 2.99. The molecule has 0 unspecified atom stereocenters. The van der Waals surface area contributed by atoms with Crippen LogP contribution in [0.5, 0.6) is 0 Å². The van der Waals surface area contributed by atoms with Crippen molar-refractivity contribution in [3.63, 3.8) is 0 Å². The largest absolute Gasteiger partial charge is 0.339 e. The number of hydrogen-bond acceptors (Lipinski definition) is 3. The summed E-state index contributed by atoms with van der Waals surface area (Å²) in [7, 11) is 0. The molecule has 4 nitrogen and oxygen atoms in total. The van der Waals surface area contributed by atoms with Crippen LogP contribution in [0.1, 0.15) is 34.3 Å². The Morgan fingerprint density at radius 3 is 2.60 bits per heavy atom. The maximum absolute atomic E-state index is 12.5. The Hall–Kier alpha value is -2.20. The summed E-state index contributed by atoms with van der Waals surface area (Å²) in [5, 5.41) is 0. The first-order valence-corrected chi connectivity index (χ1v) is 9.28. The highest BCUT2D eigenvalue weighted by Gasteiger charge is 2.26. The molecule has 0 spiro atoms. The van der Waals surface area contributed by atoms with E-state index >= 15 is 0 Å². The van der Waals surface area contributed by atoms with Crippen LogP contribution < -0.4 is 0 Å². The number of likely N-dealkylation sites (tertiary alicyclic amines) is 1. The first-order valence-electron chi connectivity index (χ1n) is 9.28. The molecule has 0 N–H and O–H groups in total. The lowest BCUT2D eigenvalue weighted by atomic mass is 9.93. The maximum atomic E-state index is 12.5. The van der Waals surface area contributed by atoms with Crippen molar-refractivity contribution < 1.29 is 4.79 Å². The summed E-state index contributed by atoms with van der Waals surface area (Å²) in [5.74, 6) is 0.821. The Labute approximate surface area is 149 Å². The van der Waals surface area contributed by atoms with Crippen molar-refractivity contribution in [3.8, 4) is 0 Å². The van der Waals surface area contributed by atoms with E-state index in [-0.39, 0.29) is 5.91 Å². The molecule has 2 aromatic rings. The number of pyridine rings is 1. The van der Waals surface area contributed by atoms with E-state index < -0.39 is 0 Å². The second-order valence-corrected chi connectivity index (χ2v) is 7.23. The van der Waals surface area contributed by atoms with Crippen molar-refractivity contribution >= 4 is 5.91 Å². The van der Waals surface area contributed by atoms with Gasteiger partial charge in [-0.15, -0.1) is 0 Å². The number of carbonyl (C=O) groups is 1. The van der Waals surface area contributed by atoms with Gasteiger partial charge in [0.2, 0.25) is 0 Å². The minimum absolute atomic E-state index is 0.124. The molecular formula is C21H25N3O. The number of nitrogens with zero attached hydrogens (tertiary/aromatic N) is 3. The molecule has 0 radical (unpaired) electrons.